The van der Waals surface area contributed by atoms with Gasteiger partial charge in [-0.2, -0.15) is 8.78 Å². The van der Waals surface area contributed by atoms with Crippen molar-refractivity contribution in [3.63, 3.8) is 0 Å². The van der Waals surface area contributed by atoms with Crippen LogP contribution in [0.2, 0.25) is 0 Å². The fourth-order valence-electron chi connectivity index (χ4n) is 2.71. The molecule has 1 fully saturated rings. The lowest BCUT2D eigenvalue weighted by Crippen LogP contribution is -2.37. The van der Waals surface area contributed by atoms with Crippen LogP contribution in [-0.2, 0) is 9.53 Å². The predicted molar refractivity (Wildman–Crippen MR) is 88.4 cm³/mol. The molecule has 1 aromatic rings. The average Bonchev–Trinajstić information content (AvgIpc) is 3.02. The molecule has 0 aromatic heterocycles. The largest absolute Gasteiger partial charge is 0.434 e. The molecule has 1 aromatic carbocycles. The number of carbonyl (C=O) groups is 1. The highest BCUT2D eigenvalue weighted by Gasteiger charge is 2.31. The third kappa shape index (κ3) is 5.29. The smallest absolute Gasteiger partial charge is 0.387 e. The molecule has 5 nitrogen and oxygen atoms in total. The number of ether oxygens (including phenoxy) is 2. The Bertz CT molecular complexity index is 534. The molecular formula is C16H23ClF2N2O3. The summed E-state index contributed by atoms with van der Waals surface area (Å²) in [6.07, 6.45) is 1.26. The highest BCUT2D eigenvalue weighted by Crippen LogP contribution is 2.29. The van der Waals surface area contributed by atoms with E-state index in [0.29, 0.717) is 24.9 Å². The van der Waals surface area contributed by atoms with Gasteiger partial charge in [0.05, 0.1) is 12.1 Å². The molecule has 24 heavy (non-hydrogen) atoms. The summed E-state index contributed by atoms with van der Waals surface area (Å²) in [5.41, 5.74) is 6.06. The lowest BCUT2D eigenvalue weighted by atomic mass is 10.0. The lowest BCUT2D eigenvalue weighted by molar-refractivity contribution is -0.132. The van der Waals surface area contributed by atoms with Gasteiger partial charge in [-0.15, -0.1) is 12.4 Å². The molecule has 8 heteroatoms. The van der Waals surface area contributed by atoms with Crippen molar-refractivity contribution in [2.24, 2.45) is 5.73 Å². The quantitative estimate of drug-likeness (QED) is 0.780. The van der Waals surface area contributed by atoms with Gasteiger partial charge in [-0.05, 0) is 25.3 Å². The van der Waals surface area contributed by atoms with E-state index in [1.807, 2.05) is 6.92 Å². The first-order valence-electron chi connectivity index (χ1n) is 7.74. The molecule has 3 N–H and O–H groups in total. The Balaban J connectivity index is 0.00000288. The van der Waals surface area contributed by atoms with Crippen LogP contribution in [0.25, 0.3) is 0 Å². The Kier molecular flexibility index (Phi) is 8.38. The Hall–Kier alpha value is -1.44. The zero-order chi connectivity index (χ0) is 16.8. The molecule has 3 atom stereocenters. The van der Waals surface area contributed by atoms with Gasteiger partial charge in [-0.3, -0.25) is 4.79 Å². The Morgan fingerprint density at radius 2 is 2.12 bits per heavy atom. The molecule has 0 spiro atoms. The van der Waals surface area contributed by atoms with Crippen molar-refractivity contribution in [3.8, 4) is 5.75 Å². The van der Waals surface area contributed by atoms with Crippen molar-refractivity contribution in [1.29, 1.82) is 0 Å². The number of carbonyl (C=O) groups excluding carboxylic acids is 1. The number of halogens is 3. The lowest BCUT2D eigenvalue weighted by Gasteiger charge is -2.22. The van der Waals surface area contributed by atoms with Gasteiger partial charge in [0.2, 0.25) is 5.91 Å². The summed E-state index contributed by atoms with van der Waals surface area (Å²) < 4.78 is 35.1. The van der Waals surface area contributed by atoms with E-state index in [1.54, 1.807) is 18.2 Å². The van der Waals surface area contributed by atoms with Gasteiger partial charge in [-0.1, -0.05) is 25.1 Å². The highest BCUT2D eigenvalue weighted by molar-refractivity contribution is 5.85. The van der Waals surface area contributed by atoms with Gasteiger partial charge in [-0.25, -0.2) is 0 Å². The molecule has 1 amide bonds. The molecule has 0 bridgehead atoms. The molecule has 0 radical (unpaired) electrons. The molecule has 136 valence electrons. The van der Waals surface area contributed by atoms with Gasteiger partial charge in [0.15, 0.2) is 0 Å². The summed E-state index contributed by atoms with van der Waals surface area (Å²) >= 11 is 0. The van der Waals surface area contributed by atoms with Crippen LogP contribution >= 0.6 is 12.4 Å². The highest BCUT2D eigenvalue weighted by atomic mass is 35.5. The summed E-state index contributed by atoms with van der Waals surface area (Å²) in [6.45, 7) is -0.665. The molecule has 2 rings (SSSR count). The van der Waals surface area contributed by atoms with E-state index in [0.717, 1.165) is 6.42 Å². The van der Waals surface area contributed by atoms with E-state index in [1.165, 1.54) is 6.07 Å². The average molecular weight is 365 g/mol. The van der Waals surface area contributed by atoms with Gasteiger partial charge < -0.3 is 20.5 Å². The van der Waals surface area contributed by atoms with Crippen LogP contribution in [0.1, 0.15) is 37.8 Å². The summed E-state index contributed by atoms with van der Waals surface area (Å²) in [5.74, 6) is -0.179. The minimum Gasteiger partial charge on any atom is -0.434 e. The van der Waals surface area contributed by atoms with Gasteiger partial charge in [0.1, 0.15) is 11.9 Å². The first kappa shape index (κ1) is 20.6. The molecule has 1 unspecified atom stereocenters. The fourth-order valence-corrected chi connectivity index (χ4v) is 2.71. The Morgan fingerprint density at radius 3 is 2.71 bits per heavy atom. The van der Waals surface area contributed by atoms with Crippen molar-refractivity contribution in [2.75, 3.05) is 6.54 Å². The summed E-state index contributed by atoms with van der Waals surface area (Å²) in [5, 5.41) is 2.85. The van der Waals surface area contributed by atoms with E-state index in [2.05, 4.69) is 10.1 Å². The standard InChI is InChI=1S/C16H22F2N2O3.ClH/c1-2-12(11-5-3-4-6-13(11)23-16(17)18)20-15(21)14-8-7-10(9-19)22-14;/h3-6,10,12,14,16H,2,7-9,19H2,1H3,(H,20,21);1H/t10-,12?,14+;/m1./s1. The summed E-state index contributed by atoms with van der Waals surface area (Å²) in [6, 6.07) is 6.05. The summed E-state index contributed by atoms with van der Waals surface area (Å²) in [4.78, 5) is 12.3. The number of alkyl halides is 2. The molecular weight excluding hydrogens is 342 g/mol. The van der Waals surface area contributed by atoms with Gasteiger partial charge >= 0.3 is 6.61 Å². The molecule has 1 heterocycles. The van der Waals surface area contributed by atoms with Crippen molar-refractivity contribution in [2.45, 2.75) is 51.0 Å². The minimum absolute atomic E-state index is 0. The SMILES string of the molecule is CCC(NC(=O)[C@@H]1CC[C@H](CN)O1)c1ccccc1OC(F)F.Cl. The molecule has 1 saturated heterocycles. The van der Waals surface area contributed by atoms with Crippen LogP contribution in [-0.4, -0.2) is 31.3 Å². The number of nitrogens with one attached hydrogen (secondary N) is 1. The van der Waals surface area contributed by atoms with Crippen molar-refractivity contribution >= 4 is 18.3 Å². The van der Waals surface area contributed by atoms with Crippen LogP contribution in [0.15, 0.2) is 24.3 Å². The zero-order valence-corrected chi connectivity index (χ0v) is 14.2. The second kappa shape index (κ2) is 9.76. The number of para-hydroxylation sites is 1. The van der Waals surface area contributed by atoms with Gasteiger partial charge in [0, 0.05) is 12.1 Å². The van der Waals surface area contributed by atoms with E-state index >= 15 is 0 Å². The first-order valence-corrected chi connectivity index (χ1v) is 7.74. The number of hydrogen-bond donors (Lipinski definition) is 2. The van der Waals surface area contributed by atoms with Gasteiger partial charge in [0.25, 0.3) is 0 Å². The number of nitrogens with two attached hydrogens (primary N) is 1. The maximum Gasteiger partial charge on any atom is 0.387 e. The monoisotopic (exact) mass is 364 g/mol. The molecule has 0 aliphatic carbocycles. The normalized spacial score (nSPS) is 21.2. The second-order valence-corrected chi connectivity index (χ2v) is 5.45. The van der Waals surface area contributed by atoms with E-state index in [-0.39, 0.29) is 30.2 Å². The van der Waals surface area contributed by atoms with E-state index in [9.17, 15) is 13.6 Å². The van der Waals surface area contributed by atoms with E-state index < -0.39 is 18.8 Å². The first-order chi connectivity index (χ1) is 11.0. The second-order valence-electron chi connectivity index (χ2n) is 5.45. The molecule has 0 saturated carbocycles. The zero-order valence-electron chi connectivity index (χ0n) is 13.4. The van der Waals surface area contributed by atoms with Crippen LogP contribution in [0.4, 0.5) is 8.78 Å². The maximum absolute atomic E-state index is 12.5. The van der Waals surface area contributed by atoms with Crippen LogP contribution in [0.3, 0.4) is 0 Å². The Labute approximate surface area is 146 Å². The fraction of sp³-hybridized carbons (Fsp3) is 0.562. The number of amides is 1. The van der Waals surface area contributed by atoms with Crippen molar-refractivity contribution in [3.05, 3.63) is 29.8 Å². The Morgan fingerprint density at radius 1 is 1.42 bits per heavy atom. The molecule has 1 aliphatic heterocycles. The number of rotatable bonds is 7. The third-order valence-corrected chi connectivity index (χ3v) is 3.90. The van der Waals surface area contributed by atoms with Crippen molar-refractivity contribution < 1.29 is 23.0 Å². The molecule has 1 aliphatic rings. The topological polar surface area (TPSA) is 73.6 Å². The number of benzene rings is 1. The third-order valence-electron chi connectivity index (χ3n) is 3.90. The van der Waals surface area contributed by atoms with Crippen LogP contribution in [0, 0.1) is 0 Å². The van der Waals surface area contributed by atoms with E-state index in [4.69, 9.17) is 10.5 Å². The predicted octanol–water partition coefficient (Wildman–Crippen LogP) is 2.78. The van der Waals surface area contributed by atoms with Crippen molar-refractivity contribution in [1.82, 2.24) is 5.32 Å². The summed E-state index contributed by atoms with van der Waals surface area (Å²) in [7, 11) is 0. The maximum atomic E-state index is 12.5. The number of hydrogen-bond acceptors (Lipinski definition) is 4. The van der Waals surface area contributed by atoms with Crippen LogP contribution in [0.5, 0.6) is 5.75 Å². The van der Waals surface area contributed by atoms with Crippen LogP contribution < -0.4 is 15.8 Å². The minimum atomic E-state index is -2.91.